The molecule has 0 radical (unpaired) electrons. The van der Waals surface area contributed by atoms with Crippen LogP contribution in [0.3, 0.4) is 0 Å². The van der Waals surface area contributed by atoms with Crippen molar-refractivity contribution in [2.45, 2.75) is 24.4 Å². The van der Waals surface area contributed by atoms with Crippen molar-refractivity contribution in [1.82, 2.24) is 10.2 Å². The maximum Gasteiger partial charge on any atom is 0.0514 e. The van der Waals surface area contributed by atoms with Gasteiger partial charge in [-0.15, -0.1) is 6.58 Å². The molecule has 2 heterocycles. The second-order valence-electron chi connectivity index (χ2n) is 3.74. The van der Waals surface area contributed by atoms with Gasteiger partial charge in [0.05, 0.1) is 5.54 Å². The Morgan fingerprint density at radius 1 is 1.73 bits per heavy atom. The third-order valence-electron chi connectivity index (χ3n) is 3.35. The molecule has 2 fully saturated rings. The Morgan fingerprint density at radius 2 is 2.55 bits per heavy atom. The number of likely N-dealkylation sites (N-methyl/N-ethyl adjacent to an activating group) is 1. The molecule has 2 atom stereocenters. The molecular formula is C9H16N2. The van der Waals surface area contributed by atoms with Crippen molar-refractivity contribution in [1.29, 1.82) is 0 Å². The van der Waals surface area contributed by atoms with Crippen LogP contribution in [0, 0.1) is 0 Å². The molecule has 2 rings (SSSR count). The quantitative estimate of drug-likeness (QED) is 0.554. The molecule has 0 aromatic heterocycles. The van der Waals surface area contributed by atoms with Crippen LogP contribution >= 0.6 is 0 Å². The van der Waals surface area contributed by atoms with Gasteiger partial charge in [0, 0.05) is 19.1 Å². The summed E-state index contributed by atoms with van der Waals surface area (Å²) in [4.78, 5) is 2.48. The number of nitrogens with zero attached hydrogens (tertiary/aromatic N) is 1. The summed E-state index contributed by atoms with van der Waals surface area (Å²) in [5, 5.41) is 3.46. The molecular weight excluding hydrogens is 136 g/mol. The van der Waals surface area contributed by atoms with E-state index in [0.717, 1.165) is 19.1 Å². The lowest BCUT2D eigenvalue weighted by Crippen LogP contribution is -2.57. The second-order valence-corrected chi connectivity index (χ2v) is 3.74. The zero-order valence-electron chi connectivity index (χ0n) is 7.14. The summed E-state index contributed by atoms with van der Waals surface area (Å²) < 4.78 is 0. The maximum atomic E-state index is 3.92. The molecule has 0 aromatic carbocycles. The summed E-state index contributed by atoms with van der Waals surface area (Å²) in [6, 6.07) is 0.752. The number of rotatable bonds is 1. The van der Waals surface area contributed by atoms with Crippen molar-refractivity contribution in [3.05, 3.63) is 12.7 Å². The van der Waals surface area contributed by atoms with E-state index in [0.29, 0.717) is 0 Å². The van der Waals surface area contributed by atoms with Gasteiger partial charge in [-0.3, -0.25) is 4.90 Å². The van der Waals surface area contributed by atoms with Crippen LogP contribution in [0.25, 0.3) is 0 Å². The Labute approximate surface area is 68.3 Å². The van der Waals surface area contributed by atoms with E-state index in [1.807, 2.05) is 0 Å². The fraction of sp³-hybridized carbons (Fsp3) is 0.778. The summed E-state index contributed by atoms with van der Waals surface area (Å²) in [6.07, 6.45) is 4.72. The number of nitrogens with one attached hydrogen (secondary N) is 1. The van der Waals surface area contributed by atoms with E-state index in [1.54, 1.807) is 0 Å². The van der Waals surface area contributed by atoms with Gasteiger partial charge in [0.2, 0.25) is 0 Å². The number of piperazine rings is 1. The van der Waals surface area contributed by atoms with Gasteiger partial charge in [-0.25, -0.2) is 0 Å². The lowest BCUT2D eigenvalue weighted by molar-refractivity contribution is 0.137. The first kappa shape index (κ1) is 7.32. The molecule has 62 valence electrons. The predicted octanol–water partition coefficient (Wildman–Crippen LogP) is 0.609. The summed E-state index contributed by atoms with van der Waals surface area (Å²) in [7, 11) is 2.22. The molecule has 2 heteroatoms. The summed E-state index contributed by atoms with van der Waals surface area (Å²) in [6.45, 7) is 6.17. The highest BCUT2D eigenvalue weighted by Crippen LogP contribution is 2.35. The fourth-order valence-electron chi connectivity index (χ4n) is 2.38. The topological polar surface area (TPSA) is 15.3 Å². The van der Waals surface area contributed by atoms with Crippen LogP contribution in [0.5, 0.6) is 0 Å². The van der Waals surface area contributed by atoms with Crippen molar-refractivity contribution in [3.63, 3.8) is 0 Å². The Hall–Kier alpha value is -0.340. The smallest absolute Gasteiger partial charge is 0.0514 e. The van der Waals surface area contributed by atoms with Gasteiger partial charge in [-0.1, -0.05) is 6.08 Å². The van der Waals surface area contributed by atoms with Gasteiger partial charge < -0.3 is 5.32 Å². The molecule has 1 N–H and O–H groups in total. The van der Waals surface area contributed by atoms with E-state index < -0.39 is 0 Å². The van der Waals surface area contributed by atoms with Gasteiger partial charge in [-0.2, -0.15) is 0 Å². The molecule has 0 saturated carbocycles. The van der Waals surface area contributed by atoms with Gasteiger partial charge in [-0.05, 0) is 19.9 Å². The Balaban J connectivity index is 2.26. The van der Waals surface area contributed by atoms with Crippen LogP contribution in [0.2, 0.25) is 0 Å². The third kappa shape index (κ3) is 0.861. The van der Waals surface area contributed by atoms with Crippen molar-refractivity contribution < 1.29 is 0 Å². The summed E-state index contributed by atoms with van der Waals surface area (Å²) in [5.41, 5.74) is 0.281. The second kappa shape index (κ2) is 2.32. The van der Waals surface area contributed by atoms with Crippen LogP contribution in [0.4, 0.5) is 0 Å². The van der Waals surface area contributed by atoms with Crippen LogP contribution < -0.4 is 5.32 Å². The Morgan fingerprint density at radius 3 is 3.18 bits per heavy atom. The molecule has 2 bridgehead atoms. The largest absolute Gasteiger partial charge is 0.313 e. The molecule has 0 aliphatic carbocycles. The predicted molar refractivity (Wildman–Crippen MR) is 46.6 cm³/mol. The van der Waals surface area contributed by atoms with E-state index >= 15 is 0 Å². The first-order valence-corrected chi connectivity index (χ1v) is 4.36. The van der Waals surface area contributed by atoms with Crippen molar-refractivity contribution in [3.8, 4) is 0 Å². The monoisotopic (exact) mass is 152 g/mol. The maximum absolute atomic E-state index is 3.92. The van der Waals surface area contributed by atoms with Crippen molar-refractivity contribution in [2.24, 2.45) is 0 Å². The molecule has 2 aliphatic rings. The van der Waals surface area contributed by atoms with E-state index in [2.05, 4.69) is 29.9 Å². The zero-order valence-corrected chi connectivity index (χ0v) is 7.14. The highest BCUT2D eigenvalue weighted by atomic mass is 15.3. The highest BCUT2D eigenvalue weighted by Gasteiger charge is 2.44. The van der Waals surface area contributed by atoms with Gasteiger partial charge in [0.15, 0.2) is 0 Å². The SMILES string of the molecule is C=C[C@]12CC[C@H](CNC1)N2C. The van der Waals surface area contributed by atoms with Crippen LogP contribution in [-0.4, -0.2) is 36.6 Å². The molecule has 2 nitrogen and oxygen atoms in total. The average molecular weight is 152 g/mol. The number of fused-ring (bicyclic) bond motifs is 2. The fourth-order valence-corrected chi connectivity index (χ4v) is 2.38. The lowest BCUT2D eigenvalue weighted by atomic mass is 9.96. The van der Waals surface area contributed by atoms with Gasteiger partial charge in [0.25, 0.3) is 0 Å². The molecule has 0 spiro atoms. The minimum absolute atomic E-state index is 0.281. The number of hydrogen-bond acceptors (Lipinski definition) is 2. The van der Waals surface area contributed by atoms with E-state index in [-0.39, 0.29) is 5.54 Å². The normalized spacial score (nSPS) is 44.3. The summed E-state index contributed by atoms with van der Waals surface area (Å²) in [5.74, 6) is 0. The molecule has 0 aromatic rings. The highest BCUT2D eigenvalue weighted by molar-refractivity contribution is 5.13. The van der Waals surface area contributed by atoms with E-state index in [1.165, 1.54) is 12.8 Å². The standard InChI is InChI=1S/C9H16N2/c1-3-9-5-4-8(11(9)2)6-10-7-9/h3,8,10H,1,4-7H2,2H3/t8-,9+/m1/s1. The van der Waals surface area contributed by atoms with Crippen LogP contribution in [0.1, 0.15) is 12.8 Å². The molecule has 0 unspecified atom stereocenters. The number of hydrogen-bond donors (Lipinski definition) is 1. The Bertz CT molecular complexity index is 174. The Kier molecular flexibility index (Phi) is 1.55. The minimum atomic E-state index is 0.281. The minimum Gasteiger partial charge on any atom is -0.313 e. The van der Waals surface area contributed by atoms with Crippen molar-refractivity contribution >= 4 is 0 Å². The first-order valence-electron chi connectivity index (χ1n) is 4.36. The van der Waals surface area contributed by atoms with Crippen LogP contribution in [-0.2, 0) is 0 Å². The third-order valence-corrected chi connectivity index (χ3v) is 3.35. The summed E-state index contributed by atoms with van der Waals surface area (Å²) >= 11 is 0. The first-order chi connectivity index (χ1) is 5.28. The lowest BCUT2D eigenvalue weighted by Gasteiger charge is -2.40. The van der Waals surface area contributed by atoms with E-state index in [4.69, 9.17) is 0 Å². The van der Waals surface area contributed by atoms with Gasteiger partial charge >= 0.3 is 0 Å². The molecule has 2 saturated heterocycles. The van der Waals surface area contributed by atoms with Crippen molar-refractivity contribution in [2.75, 3.05) is 20.1 Å². The van der Waals surface area contributed by atoms with Gasteiger partial charge in [0.1, 0.15) is 0 Å². The average Bonchev–Trinajstić information content (AvgIpc) is 2.25. The molecule has 0 amide bonds. The molecule has 2 aliphatic heterocycles. The van der Waals surface area contributed by atoms with Crippen LogP contribution in [0.15, 0.2) is 12.7 Å². The molecule has 11 heavy (non-hydrogen) atoms. The zero-order chi connectivity index (χ0) is 7.90. The van der Waals surface area contributed by atoms with E-state index in [9.17, 15) is 0 Å².